The highest BCUT2D eigenvalue weighted by atomic mass is 32.2. The van der Waals surface area contributed by atoms with Crippen LogP contribution >= 0.6 is 0 Å². The Labute approximate surface area is 113 Å². The molecule has 0 heterocycles. The zero-order chi connectivity index (χ0) is 14.7. The maximum Gasteiger partial charge on any atom is 0.209 e. The highest BCUT2D eigenvalue weighted by Crippen LogP contribution is 2.18. The summed E-state index contributed by atoms with van der Waals surface area (Å²) in [6.07, 6.45) is 1.12. The van der Waals surface area contributed by atoms with E-state index in [1.165, 1.54) is 0 Å². The van der Waals surface area contributed by atoms with Gasteiger partial charge in [0.1, 0.15) is 6.07 Å². The summed E-state index contributed by atoms with van der Waals surface area (Å²) in [6, 6.07) is 6.98. The number of nitrogens with one attached hydrogen (secondary N) is 2. The van der Waals surface area contributed by atoms with Crippen LogP contribution in [0.4, 0.5) is 11.4 Å². The molecule has 0 aliphatic carbocycles. The van der Waals surface area contributed by atoms with Gasteiger partial charge in [-0.1, -0.05) is 0 Å². The van der Waals surface area contributed by atoms with E-state index in [1.807, 2.05) is 6.07 Å². The number of nitrogens with two attached hydrogens (primary N) is 1. The van der Waals surface area contributed by atoms with Crippen molar-refractivity contribution in [1.82, 2.24) is 4.72 Å². The third kappa shape index (κ3) is 5.16. The number of benzene rings is 1. The average molecular weight is 282 g/mol. The van der Waals surface area contributed by atoms with Gasteiger partial charge in [0.25, 0.3) is 0 Å². The zero-order valence-corrected chi connectivity index (χ0v) is 12.0. The Kier molecular flexibility index (Phi) is 4.39. The molecule has 0 amide bonds. The Bertz CT molecular complexity index is 603. The molecule has 0 bridgehead atoms. The van der Waals surface area contributed by atoms with Crippen LogP contribution in [-0.4, -0.2) is 26.8 Å². The van der Waals surface area contributed by atoms with E-state index in [4.69, 9.17) is 11.0 Å². The van der Waals surface area contributed by atoms with Crippen molar-refractivity contribution >= 4 is 21.4 Å². The largest absolute Gasteiger partial charge is 0.398 e. The lowest BCUT2D eigenvalue weighted by atomic mass is 10.1. The summed E-state index contributed by atoms with van der Waals surface area (Å²) in [4.78, 5) is 0. The Morgan fingerprint density at radius 3 is 2.53 bits per heavy atom. The number of hydrogen-bond acceptors (Lipinski definition) is 5. The topological polar surface area (TPSA) is 108 Å². The van der Waals surface area contributed by atoms with Crippen molar-refractivity contribution in [2.24, 2.45) is 0 Å². The van der Waals surface area contributed by atoms with Gasteiger partial charge in [-0.2, -0.15) is 5.26 Å². The Balaban J connectivity index is 2.72. The molecule has 0 aliphatic rings. The number of rotatable bonds is 5. The van der Waals surface area contributed by atoms with E-state index in [0.717, 1.165) is 11.9 Å². The summed E-state index contributed by atoms with van der Waals surface area (Å²) in [5, 5.41) is 11.9. The van der Waals surface area contributed by atoms with Gasteiger partial charge >= 0.3 is 0 Å². The smallest absolute Gasteiger partial charge is 0.209 e. The second-order valence-electron chi connectivity index (χ2n) is 5.03. The first-order chi connectivity index (χ1) is 8.63. The van der Waals surface area contributed by atoms with E-state index in [2.05, 4.69) is 10.0 Å². The van der Waals surface area contributed by atoms with Crippen molar-refractivity contribution in [2.75, 3.05) is 23.9 Å². The lowest BCUT2D eigenvalue weighted by Gasteiger charge is -2.26. The molecule has 0 aliphatic heterocycles. The molecule has 6 nitrogen and oxygen atoms in total. The molecule has 7 heteroatoms. The molecule has 1 rings (SSSR count). The number of nitrogen functional groups attached to an aromatic ring is 1. The van der Waals surface area contributed by atoms with Gasteiger partial charge in [-0.25, -0.2) is 13.1 Å². The summed E-state index contributed by atoms with van der Waals surface area (Å²) in [5.41, 5.74) is 6.61. The van der Waals surface area contributed by atoms with Crippen molar-refractivity contribution < 1.29 is 8.42 Å². The van der Waals surface area contributed by atoms with Crippen molar-refractivity contribution in [2.45, 2.75) is 19.4 Å². The predicted molar refractivity (Wildman–Crippen MR) is 76.1 cm³/mol. The Morgan fingerprint density at radius 2 is 2.05 bits per heavy atom. The van der Waals surface area contributed by atoms with Crippen LogP contribution in [0.5, 0.6) is 0 Å². The van der Waals surface area contributed by atoms with Crippen LogP contribution in [0.2, 0.25) is 0 Å². The van der Waals surface area contributed by atoms with E-state index in [1.54, 1.807) is 32.0 Å². The first kappa shape index (κ1) is 15.3. The molecule has 1 aromatic rings. The number of nitriles is 1. The van der Waals surface area contributed by atoms with Crippen molar-refractivity contribution in [3.63, 3.8) is 0 Å². The van der Waals surface area contributed by atoms with Crippen LogP contribution in [0, 0.1) is 11.3 Å². The van der Waals surface area contributed by atoms with Crippen molar-refractivity contribution in [3.05, 3.63) is 23.8 Å². The first-order valence-electron chi connectivity index (χ1n) is 5.65. The molecule has 0 saturated carbocycles. The Morgan fingerprint density at radius 1 is 1.42 bits per heavy atom. The predicted octanol–water partition coefficient (Wildman–Crippen LogP) is 0.880. The number of anilines is 2. The number of sulfonamides is 1. The van der Waals surface area contributed by atoms with Gasteiger partial charge in [0, 0.05) is 17.8 Å². The van der Waals surface area contributed by atoms with Crippen molar-refractivity contribution in [1.29, 1.82) is 5.26 Å². The van der Waals surface area contributed by atoms with E-state index >= 15 is 0 Å². The zero-order valence-electron chi connectivity index (χ0n) is 11.2. The van der Waals surface area contributed by atoms with Crippen LogP contribution in [0.1, 0.15) is 19.4 Å². The second-order valence-corrected chi connectivity index (χ2v) is 6.77. The summed E-state index contributed by atoms with van der Waals surface area (Å²) < 4.78 is 24.9. The molecule has 1 aromatic carbocycles. The summed E-state index contributed by atoms with van der Waals surface area (Å²) in [5.74, 6) is 0. The highest BCUT2D eigenvalue weighted by Gasteiger charge is 2.21. The molecule has 104 valence electrons. The fourth-order valence-corrected chi connectivity index (χ4v) is 2.71. The van der Waals surface area contributed by atoms with Crippen molar-refractivity contribution in [3.8, 4) is 6.07 Å². The minimum atomic E-state index is -3.26. The van der Waals surface area contributed by atoms with Crippen LogP contribution in [-0.2, 0) is 10.0 Å². The molecule has 4 N–H and O–H groups in total. The second kappa shape index (κ2) is 5.47. The molecular formula is C12H18N4O2S. The standard InChI is InChI=1S/C12H18N4O2S/c1-12(2,16-19(3,17)18)8-15-10-5-4-9(7-13)11(14)6-10/h4-6,15-16H,8,14H2,1-3H3. The summed E-state index contributed by atoms with van der Waals surface area (Å²) in [6.45, 7) is 3.94. The lowest BCUT2D eigenvalue weighted by Crippen LogP contribution is -2.47. The van der Waals surface area contributed by atoms with Gasteiger partial charge in [-0.05, 0) is 32.0 Å². The van der Waals surface area contributed by atoms with E-state index in [-0.39, 0.29) is 0 Å². The minimum Gasteiger partial charge on any atom is -0.398 e. The lowest BCUT2D eigenvalue weighted by molar-refractivity contribution is 0.476. The third-order valence-electron chi connectivity index (χ3n) is 2.37. The van der Waals surface area contributed by atoms with Gasteiger partial charge in [0.2, 0.25) is 10.0 Å². The monoisotopic (exact) mass is 282 g/mol. The highest BCUT2D eigenvalue weighted by molar-refractivity contribution is 7.88. The maximum atomic E-state index is 11.2. The van der Waals surface area contributed by atoms with E-state index < -0.39 is 15.6 Å². The summed E-state index contributed by atoms with van der Waals surface area (Å²) in [7, 11) is -3.26. The van der Waals surface area contributed by atoms with E-state index in [9.17, 15) is 8.42 Å². The molecule has 19 heavy (non-hydrogen) atoms. The maximum absolute atomic E-state index is 11.2. The van der Waals surface area contributed by atoms with E-state index in [0.29, 0.717) is 17.8 Å². The van der Waals surface area contributed by atoms with Crippen LogP contribution in [0.3, 0.4) is 0 Å². The normalized spacial score (nSPS) is 11.9. The first-order valence-corrected chi connectivity index (χ1v) is 7.54. The van der Waals surface area contributed by atoms with Gasteiger partial charge in [0.05, 0.1) is 17.5 Å². The van der Waals surface area contributed by atoms with Gasteiger partial charge in [0.15, 0.2) is 0 Å². The quantitative estimate of drug-likeness (QED) is 0.695. The third-order valence-corrected chi connectivity index (χ3v) is 3.29. The molecule has 0 fully saturated rings. The fourth-order valence-electron chi connectivity index (χ4n) is 1.64. The molecule has 0 radical (unpaired) electrons. The van der Waals surface area contributed by atoms with Crippen LogP contribution < -0.4 is 15.8 Å². The summed E-state index contributed by atoms with van der Waals surface area (Å²) >= 11 is 0. The molecule has 0 aromatic heterocycles. The fraction of sp³-hybridized carbons (Fsp3) is 0.417. The number of hydrogen-bond donors (Lipinski definition) is 3. The molecular weight excluding hydrogens is 264 g/mol. The average Bonchev–Trinajstić information content (AvgIpc) is 2.23. The molecule has 0 spiro atoms. The van der Waals surface area contributed by atoms with Crippen LogP contribution in [0.15, 0.2) is 18.2 Å². The molecule has 0 saturated heterocycles. The molecule has 0 unspecified atom stereocenters. The SMILES string of the molecule is CC(C)(CNc1ccc(C#N)c(N)c1)NS(C)(=O)=O. The molecule has 0 atom stereocenters. The Hall–Kier alpha value is -1.78. The van der Waals surface area contributed by atoms with Gasteiger partial charge < -0.3 is 11.1 Å². The van der Waals surface area contributed by atoms with Gasteiger partial charge in [-0.3, -0.25) is 0 Å². The van der Waals surface area contributed by atoms with Crippen LogP contribution in [0.25, 0.3) is 0 Å². The van der Waals surface area contributed by atoms with Gasteiger partial charge in [-0.15, -0.1) is 0 Å². The number of nitrogens with zero attached hydrogens (tertiary/aromatic N) is 1. The minimum absolute atomic E-state index is 0.390.